The fraction of sp³-hybridized carbons (Fsp3) is 0.483. The van der Waals surface area contributed by atoms with E-state index in [1.165, 1.54) is 17.8 Å². The molecule has 190 valence electrons. The van der Waals surface area contributed by atoms with Crippen LogP contribution in [0.15, 0.2) is 73.1 Å². The number of anilines is 2. The minimum Gasteiger partial charge on any atom is -0.378 e. The molecule has 4 heteroatoms. The molecular formula is C29H54N4. The van der Waals surface area contributed by atoms with Gasteiger partial charge in [0.05, 0.1) is 0 Å². The van der Waals surface area contributed by atoms with E-state index in [-0.39, 0.29) is 7.43 Å². The van der Waals surface area contributed by atoms with Crippen LogP contribution in [0.4, 0.5) is 11.4 Å². The Hall–Kier alpha value is -2.75. The maximum atomic E-state index is 3.98. The lowest BCUT2D eigenvalue weighted by atomic mass is 10.3. The largest absolute Gasteiger partial charge is 0.378 e. The normalized spacial score (nSPS) is 7.88. The number of para-hydroxylation sites is 2. The molecule has 0 bridgehead atoms. The number of rotatable bonds is 2. The molecular weight excluding hydrogens is 404 g/mol. The van der Waals surface area contributed by atoms with E-state index in [1.54, 1.807) is 6.20 Å². The summed E-state index contributed by atoms with van der Waals surface area (Å²) in [6.45, 7) is 14.2. The Labute approximate surface area is 207 Å². The van der Waals surface area contributed by atoms with Crippen LogP contribution in [0.1, 0.15) is 61.2 Å². The molecule has 0 aliphatic heterocycles. The highest BCUT2D eigenvalue weighted by Crippen LogP contribution is 2.08. The predicted octanol–water partition coefficient (Wildman–Crippen LogP) is 8.34. The minimum absolute atomic E-state index is 0. The summed E-state index contributed by atoms with van der Waals surface area (Å²) in [5.74, 6) is 1.06. The van der Waals surface area contributed by atoms with Crippen LogP contribution in [0.2, 0.25) is 0 Å². The molecule has 0 saturated carbocycles. The van der Waals surface area contributed by atoms with Crippen molar-refractivity contribution in [1.82, 2.24) is 9.55 Å². The van der Waals surface area contributed by atoms with Gasteiger partial charge in [-0.15, -0.1) is 0 Å². The maximum Gasteiger partial charge on any atom is 0.105 e. The second kappa shape index (κ2) is 27.3. The van der Waals surface area contributed by atoms with Gasteiger partial charge in [0.2, 0.25) is 0 Å². The first-order valence-corrected chi connectivity index (χ1v) is 11.7. The second-order valence-corrected chi connectivity index (χ2v) is 6.75. The second-order valence-electron chi connectivity index (χ2n) is 6.75. The van der Waals surface area contributed by atoms with Crippen molar-refractivity contribution in [1.29, 1.82) is 0 Å². The number of nitrogens with zero attached hydrogens (tertiary/aromatic N) is 4. The van der Waals surface area contributed by atoms with Crippen molar-refractivity contribution in [2.45, 2.75) is 62.3 Å². The van der Waals surface area contributed by atoms with E-state index in [1.807, 2.05) is 117 Å². The molecule has 0 aliphatic rings. The Kier molecular flexibility index (Phi) is 31.1. The van der Waals surface area contributed by atoms with E-state index in [0.717, 1.165) is 5.82 Å². The molecule has 0 atom stereocenters. The molecule has 2 aromatic carbocycles. The van der Waals surface area contributed by atoms with Gasteiger partial charge in [-0.2, -0.15) is 0 Å². The van der Waals surface area contributed by atoms with Gasteiger partial charge < -0.3 is 14.4 Å². The average molecular weight is 459 g/mol. The van der Waals surface area contributed by atoms with Crippen LogP contribution < -0.4 is 9.80 Å². The molecule has 0 amide bonds. The molecule has 3 rings (SSSR count). The fourth-order valence-corrected chi connectivity index (χ4v) is 1.89. The number of imidazole rings is 1. The Morgan fingerprint density at radius 1 is 0.697 bits per heavy atom. The summed E-state index contributed by atoms with van der Waals surface area (Å²) >= 11 is 0. The molecule has 3 aromatic rings. The SMILES string of the molecule is C.CC.CC.CCC.CN(C)c1ccccc1.CN(C)c1ccccc1.Cc1nccn1C. The third-order valence-corrected chi connectivity index (χ3v) is 3.61. The third-order valence-electron chi connectivity index (χ3n) is 3.61. The standard InChI is InChI=1S/2C8H11N.C5H8N2.C3H8.2C2H6.CH4/c2*1-9(2)8-6-4-3-5-7-8;1-5-6-3-4-7(5)2;1-3-2;2*1-2;/h2*3-7H,1-2H3;3-4H,1-2H3;3H2,1-2H3;2*1-2H3;1H4. The van der Waals surface area contributed by atoms with Gasteiger partial charge in [0.15, 0.2) is 0 Å². The molecule has 1 heterocycles. The highest BCUT2D eigenvalue weighted by Gasteiger charge is 1.88. The van der Waals surface area contributed by atoms with E-state index in [4.69, 9.17) is 0 Å². The van der Waals surface area contributed by atoms with E-state index in [9.17, 15) is 0 Å². The molecule has 1 aromatic heterocycles. The zero-order chi connectivity index (χ0) is 25.4. The van der Waals surface area contributed by atoms with Crippen LogP contribution in [0, 0.1) is 6.92 Å². The van der Waals surface area contributed by atoms with Gasteiger partial charge in [-0.1, -0.05) is 91.8 Å². The Morgan fingerprint density at radius 2 is 1.00 bits per heavy atom. The van der Waals surface area contributed by atoms with Crippen molar-refractivity contribution < 1.29 is 0 Å². The molecule has 4 nitrogen and oxygen atoms in total. The molecule has 0 aliphatic carbocycles. The third kappa shape index (κ3) is 22.2. The highest BCUT2D eigenvalue weighted by molar-refractivity contribution is 5.44. The number of benzene rings is 2. The van der Waals surface area contributed by atoms with Gasteiger partial charge in [0.25, 0.3) is 0 Å². The van der Waals surface area contributed by atoms with Crippen molar-refractivity contribution in [2.24, 2.45) is 7.05 Å². The Balaban J connectivity index is -0.000000167. The zero-order valence-electron chi connectivity index (χ0n) is 22.9. The molecule has 0 fully saturated rings. The first-order chi connectivity index (χ1) is 15.3. The van der Waals surface area contributed by atoms with Crippen LogP contribution in [-0.2, 0) is 7.05 Å². The predicted molar refractivity (Wildman–Crippen MR) is 155 cm³/mol. The first-order valence-electron chi connectivity index (χ1n) is 11.7. The number of aryl methyl sites for hydroxylation is 2. The van der Waals surface area contributed by atoms with E-state index >= 15 is 0 Å². The molecule has 0 saturated heterocycles. The summed E-state index contributed by atoms with van der Waals surface area (Å²) in [6.07, 6.45) is 4.96. The molecule has 0 N–H and O–H groups in total. The fourth-order valence-electron chi connectivity index (χ4n) is 1.89. The summed E-state index contributed by atoms with van der Waals surface area (Å²) in [4.78, 5) is 8.15. The van der Waals surface area contributed by atoms with Gasteiger partial charge in [0.1, 0.15) is 5.82 Å². The summed E-state index contributed by atoms with van der Waals surface area (Å²) in [5.41, 5.74) is 2.50. The summed E-state index contributed by atoms with van der Waals surface area (Å²) in [5, 5.41) is 0. The summed E-state index contributed by atoms with van der Waals surface area (Å²) in [6, 6.07) is 20.5. The Morgan fingerprint density at radius 3 is 1.12 bits per heavy atom. The van der Waals surface area contributed by atoms with Gasteiger partial charge in [0, 0.05) is 59.0 Å². The van der Waals surface area contributed by atoms with Crippen molar-refractivity contribution in [3.63, 3.8) is 0 Å². The van der Waals surface area contributed by atoms with E-state index in [2.05, 4.69) is 52.9 Å². The van der Waals surface area contributed by atoms with Crippen LogP contribution >= 0.6 is 0 Å². The molecule has 0 unspecified atom stereocenters. The van der Waals surface area contributed by atoms with Crippen molar-refractivity contribution >= 4 is 11.4 Å². The highest BCUT2D eigenvalue weighted by atomic mass is 15.1. The van der Waals surface area contributed by atoms with E-state index < -0.39 is 0 Å². The van der Waals surface area contributed by atoms with Crippen molar-refractivity contribution in [2.75, 3.05) is 38.0 Å². The lowest BCUT2D eigenvalue weighted by Gasteiger charge is -2.10. The molecule has 33 heavy (non-hydrogen) atoms. The van der Waals surface area contributed by atoms with Gasteiger partial charge in [-0.3, -0.25) is 0 Å². The molecule has 0 radical (unpaired) electrons. The zero-order valence-corrected chi connectivity index (χ0v) is 22.9. The lowest BCUT2D eigenvalue weighted by Crippen LogP contribution is -2.07. The maximum absolute atomic E-state index is 3.98. The van der Waals surface area contributed by atoms with E-state index in [0.29, 0.717) is 0 Å². The number of hydrogen-bond acceptors (Lipinski definition) is 3. The summed E-state index contributed by atoms with van der Waals surface area (Å²) in [7, 11) is 10.1. The van der Waals surface area contributed by atoms with Crippen molar-refractivity contribution in [3.05, 3.63) is 78.9 Å². The monoisotopic (exact) mass is 458 g/mol. The molecule has 0 spiro atoms. The van der Waals surface area contributed by atoms with Gasteiger partial charge >= 0.3 is 0 Å². The smallest absolute Gasteiger partial charge is 0.105 e. The van der Waals surface area contributed by atoms with Crippen LogP contribution in [0.5, 0.6) is 0 Å². The van der Waals surface area contributed by atoms with Gasteiger partial charge in [-0.25, -0.2) is 4.98 Å². The number of hydrogen-bond donors (Lipinski definition) is 0. The lowest BCUT2D eigenvalue weighted by molar-refractivity contribution is 0.858. The van der Waals surface area contributed by atoms with Crippen LogP contribution in [0.25, 0.3) is 0 Å². The quantitative estimate of drug-likeness (QED) is 0.385. The first kappa shape index (κ1) is 37.6. The van der Waals surface area contributed by atoms with Gasteiger partial charge in [-0.05, 0) is 31.2 Å². The van der Waals surface area contributed by atoms with Crippen molar-refractivity contribution in [3.8, 4) is 0 Å². The van der Waals surface area contributed by atoms with Crippen LogP contribution in [0.3, 0.4) is 0 Å². The average Bonchev–Trinajstić information content (AvgIpc) is 3.21. The number of aromatic nitrogens is 2. The van der Waals surface area contributed by atoms with Crippen LogP contribution in [-0.4, -0.2) is 37.7 Å². The minimum atomic E-state index is 0. The Bertz CT molecular complexity index is 645. The topological polar surface area (TPSA) is 24.3 Å². The summed E-state index contributed by atoms with van der Waals surface area (Å²) < 4.78 is 1.97.